The summed E-state index contributed by atoms with van der Waals surface area (Å²) in [6.07, 6.45) is 2.97. The third-order valence-electron chi connectivity index (χ3n) is 5.26. The van der Waals surface area contributed by atoms with Crippen LogP contribution >= 0.6 is 0 Å². The zero-order chi connectivity index (χ0) is 23.1. The molecule has 0 bridgehead atoms. The van der Waals surface area contributed by atoms with E-state index in [1.807, 2.05) is 13.0 Å². The first-order valence-corrected chi connectivity index (χ1v) is 10.6. The number of hydrogen-bond donors (Lipinski definition) is 2. The fourth-order valence-corrected chi connectivity index (χ4v) is 3.52. The molecule has 30 heavy (non-hydrogen) atoms. The lowest BCUT2D eigenvalue weighted by Gasteiger charge is -2.31. The molecule has 0 aromatic carbocycles. The van der Waals surface area contributed by atoms with Gasteiger partial charge in [0.2, 0.25) is 5.91 Å². The Balaban J connectivity index is 2.99. The average Bonchev–Trinajstić information content (AvgIpc) is 3.04. The smallest absolute Gasteiger partial charge is 0.408 e. The van der Waals surface area contributed by atoms with Gasteiger partial charge in [-0.2, -0.15) is 0 Å². The molecule has 8 heteroatoms. The Kier molecular flexibility index (Phi) is 9.81. The molecule has 1 aliphatic rings. The molecule has 1 saturated heterocycles. The number of amides is 2. The molecule has 8 nitrogen and oxygen atoms in total. The van der Waals surface area contributed by atoms with E-state index in [0.717, 1.165) is 12.8 Å². The first-order valence-electron chi connectivity index (χ1n) is 10.6. The summed E-state index contributed by atoms with van der Waals surface area (Å²) >= 11 is 0. The summed E-state index contributed by atoms with van der Waals surface area (Å²) in [5.74, 6) is -0.832. The van der Waals surface area contributed by atoms with Crippen molar-refractivity contribution in [2.24, 2.45) is 11.8 Å². The van der Waals surface area contributed by atoms with E-state index in [0.29, 0.717) is 12.3 Å². The topological polar surface area (TPSA) is 105 Å². The molecule has 0 spiro atoms. The number of ether oxygens (including phenoxy) is 2. The average molecular weight is 427 g/mol. The highest BCUT2D eigenvalue weighted by atomic mass is 16.6. The Morgan fingerprint density at radius 3 is 2.43 bits per heavy atom. The highest BCUT2D eigenvalue weighted by Gasteiger charge is 2.43. The van der Waals surface area contributed by atoms with E-state index in [-0.39, 0.29) is 18.9 Å². The summed E-state index contributed by atoms with van der Waals surface area (Å²) in [4.78, 5) is 39.2. The summed E-state index contributed by atoms with van der Waals surface area (Å²) in [7, 11) is 1.25. The molecule has 2 amide bonds. The molecule has 1 rings (SSSR count). The van der Waals surface area contributed by atoms with Crippen molar-refractivity contribution in [2.75, 3.05) is 13.7 Å². The van der Waals surface area contributed by atoms with Gasteiger partial charge in [-0.25, -0.2) is 9.59 Å². The van der Waals surface area contributed by atoms with E-state index in [1.165, 1.54) is 12.0 Å². The van der Waals surface area contributed by atoms with E-state index in [1.54, 1.807) is 20.8 Å². The van der Waals surface area contributed by atoms with Crippen molar-refractivity contribution < 1.29 is 29.0 Å². The Morgan fingerprint density at radius 1 is 1.27 bits per heavy atom. The number of aliphatic hydroxyl groups excluding tert-OH is 1. The van der Waals surface area contributed by atoms with E-state index in [9.17, 15) is 19.5 Å². The molecule has 1 unspecified atom stereocenters. The molecular formula is C22H38N2O6. The van der Waals surface area contributed by atoms with Gasteiger partial charge in [0.15, 0.2) is 0 Å². The van der Waals surface area contributed by atoms with E-state index in [4.69, 9.17) is 9.47 Å². The SMILES string of the molecule is C=CC(C)CCC[C@@H](C)[C@@H](NC(=O)OC(C)(C)C)C(=O)N1C[C@H](O)C[C@H]1C(=O)OC. The quantitative estimate of drug-likeness (QED) is 0.434. The molecule has 5 atom stereocenters. The normalized spacial score (nSPS) is 22.0. The minimum atomic E-state index is -0.878. The highest BCUT2D eigenvalue weighted by Crippen LogP contribution is 2.24. The first kappa shape index (κ1) is 25.9. The molecule has 0 aromatic heterocycles. The minimum Gasteiger partial charge on any atom is -0.467 e. The van der Waals surface area contributed by atoms with Crippen LogP contribution in [0.3, 0.4) is 0 Å². The standard InChI is InChI=1S/C22H38N2O6/c1-8-14(2)10-9-11-15(3)18(23-21(28)30-22(4,5)6)19(26)24-13-16(25)12-17(24)20(27)29-7/h8,14-18,25H,1,9-13H2,2-7H3,(H,23,28)/t14?,15-,16-,17+,18-/m1/s1. The highest BCUT2D eigenvalue weighted by molar-refractivity contribution is 5.90. The molecule has 2 N–H and O–H groups in total. The number of rotatable bonds is 9. The maximum atomic E-state index is 13.3. The molecule has 1 fully saturated rings. The third kappa shape index (κ3) is 7.97. The Morgan fingerprint density at radius 2 is 1.90 bits per heavy atom. The predicted molar refractivity (Wildman–Crippen MR) is 114 cm³/mol. The van der Waals surface area contributed by atoms with Crippen LogP contribution in [-0.2, 0) is 19.1 Å². The number of aliphatic hydroxyl groups is 1. The van der Waals surface area contributed by atoms with Crippen LogP contribution in [0.4, 0.5) is 4.79 Å². The molecule has 0 aromatic rings. The summed E-state index contributed by atoms with van der Waals surface area (Å²) in [6, 6.07) is -1.75. The Hall–Kier alpha value is -2.09. The molecular weight excluding hydrogens is 388 g/mol. The van der Waals surface area contributed by atoms with E-state index >= 15 is 0 Å². The number of carbonyl (C=O) groups excluding carboxylic acids is 3. The largest absolute Gasteiger partial charge is 0.467 e. The second kappa shape index (κ2) is 11.3. The van der Waals surface area contributed by atoms with Crippen LogP contribution in [0.1, 0.15) is 60.3 Å². The predicted octanol–water partition coefficient (Wildman–Crippen LogP) is 2.64. The van der Waals surface area contributed by atoms with Crippen LogP contribution in [0.25, 0.3) is 0 Å². The van der Waals surface area contributed by atoms with Crippen molar-refractivity contribution in [3.05, 3.63) is 12.7 Å². The lowest BCUT2D eigenvalue weighted by molar-refractivity contribution is -0.152. The van der Waals surface area contributed by atoms with Crippen molar-refractivity contribution in [3.63, 3.8) is 0 Å². The maximum Gasteiger partial charge on any atom is 0.408 e. The van der Waals surface area contributed by atoms with Gasteiger partial charge >= 0.3 is 12.1 Å². The van der Waals surface area contributed by atoms with Gasteiger partial charge in [0.25, 0.3) is 0 Å². The van der Waals surface area contributed by atoms with Gasteiger partial charge in [-0.15, -0.1) is 6.58 Å². The number of nitrogens with one attached hydrogen (secondary N) is 1. The molecule has 0 radical (unpaired) electrons. The minimum absolute atomic E-state index is 0.0192. The van der Waals surface area contributed by atoms with Crippen molar-refractivity contribution in [1.29, 1.82) is 0 Å². The molecule has 0 aliphatic carbocycles. The van der Waals surface area contributed by atoms with Gasteiger partial charge in [0.05, 0.1) is 13.2 Å². The van der Waals surface area contributed by atoms with Crippen LogP contribution in [-0.4, -0.2) is 65.4 Å². The lowest BCUT2D eigenvalue weighted by atomic mass is 9.92. The number of likely N-dealkylation sites (tertiary alicyclic amines) is 1. The fourth-order valence-electron chi connectivity index (χ4n) is 3.52. The number of β-amino-alcohol motifs (C(OH)–C–C–N with tert-alkyl or cyclic N) is 1. The summed E-state index contributed by atoms with van der Waals surface area (Å²) in [6.45, 7) is 13.0. The summed E-state index contributed by atoms with van der Waals surface area (Å²) in [5.41, 5.74) is -0.710. The van der Waals surface area contributed by atoms with Crippen LogP contribution in [0.2, 0.25) is 0 Å². The van der Waals surface area contributed by atoms with Gasteiger partial charge in [-0.1, -0.05) is 26.3 Å². The van der Waals surface area contributed by atoms with Crippen LogP contribution in [0, 0.1) is 11.8 Å². The number of esters is 1. The Bertz CT molecular complexity index is 615. The number of alkyl carbamates (subject to hydrolysis) is 1. The fraction of sp³-hybridized carbons (Fsp3) is 0.773. The molecule has 172 valence electrons. The number of hydrogen-bond acceptors (Lipinski definition) is 6. The van der Waals surface area contributed by atoms with Gasteiger partial charge in [-0.3, -0.25) is 4.79 Å². The second-order valence-electron chi connectivity index (χ2n) is 9.16. The van der Waals surface area contributed by atoms with Crippen molar-refractivity contribution in [2.45, 2.75) is 84.1 Å². The van der Waals surface area contributed by atoms with Crippen molar-refractivity contribution >= 4 is 18.0 Å². The van der Waals surface area contributed by atoms with Crippen LogP contribution in [0.15, 0.2) is 12.7 Å². The molecule has 1 aliphatic heterocycles. The van der Waals surface area contributed by atoms with Gasteiger partial charge in [-0.05, 0) is 45.4 Å². The summed E-state index contributed by atoms with van der Waals surface area (Å²) in [5, 5.41) is 12.7. The maximum absolute atomic E-state index is 13.3. The van der Waals surface area contributed by atoms with Crippen LogP contribution in [0.5, 0.6) is 0 Å². The van der Waals surface area contributed by atoms with Gasteiger partial charge in [0.1, 0.15) is 17.7 Å². The Labute approximate surface area is 180 Å². The van der Waals surface area contributed by atoms with E-state index in [2.05, 4.69) is 18.8 Å². The van der Waals surface area contributed by atoms with Gasteiger partial charge < -0.3 is 24.8 Å². The second-order valence-corrected chi connectivity index (χ2v) is 9.16. The lowest BCUT2D eigenvalue weighted by Crippen LogP contribution is -2.55. The van der Waals surface area contributed by atoms with E-state index < -0.39 is 41.8 Å². The van der Waals surface area contributed by atoms with Crippen molar-refractivity contribution in [1.82, 2.24) is 10.2 Å². The van der Waals surface area contributed by atoms with Crippen LogP contribution < -0.4 is 5.32 Å². The molecule has 1 heterocycles. The summed E-state index contributed by atoms with van der Waals surface area (Å²) < 4.78 is 10.1. The molecule has 0 saturated carbocycles. The zero-order valence-electron chi connectivity index (χ0n) is 19.1. The first-order chi connectivity index (χ1) is 13.9. The zero-order valence-corrected chi connectivity index (χ0v) is 19.1. The number of allylic oxidation sites excluding steroid dienone is 1. The number of carbonyl (C=O) groups is 3. The number of nitrogens with zero attached hydrogens (tertiary/aromatic N) is 1. The van der Waals surface area contributed by atoms with Gasteiger partial charge in [0, 0.05) is 13.0 Å². The monoisotopic (exact) mass is 426 g/mol. The number of methoxy groups -OCH3 is 1. The third-order valence-corrected chi connectivity index (χ3v) is 5.26. The van der Waals surface area contributed by atoms with Crippen molar-refractivity contribution in [3.8, 4) is 0 Å².